The molecular weight excluding hydrogens is 679 g/mol. The number of hydrogen-bond donors (Lipinski definition) is 3. The molecule has 0 spiro atoms. The average Bonchev–Trinajstić information content (AvgIpc) is 3.72. The van der Waals surface area contributed by atoms with E-state index in [-0.39, 0.29) is 30.2 Å². The highest BCUT2D eigenvalue weighted by atomic mass is 16.6. The van der Waals surface area contributed by atoms with Crippen LogP contribution in [0.5, 0.6) is 5.75 Å². The Morgan fingerprint density at radius 3 is 2.69 bits per heavy atom. The summed E-state index contributed by atoms with van der Waals surface area (Å²) in [6.07, 6.45) is 18.0. The molecule has 2 aromatic carbocycles. The van der Waals surface area contributed by atoms with Crippen molar-refractivity contribution in [1.82, 2.24) is 9.88 Å². The third kappa shape index (κ3) is 12.9. The molecule has 1 aromatic heterocycles. The largest absolute Gasteiger partial charge is 0.490 e. The lowest BCUT2D eigenvalue weighted by atomic mass is 9.86. The maximum absolute atomic E-state index is 12.4. The monoisotopic (exact) mass is 741 g/mol. The smallest absolute Gasteiger partial charge is 0.305 e. The fourth-order valence-corrected chi connectivity index (χ4v) is 8.12. The molecule has 1 saturated heterocycles. The molecule has 9 nitrogen and oxygen atoms in total. The first-order valence-corrected chi connectivity index (χ1v) is 20.5. The van der Waals surface area contributed by atoms with Gasteiger partial charge in [0.15, 0.2) is 0 Å². The molecule has 5 rings (SSSR count). The van der Waals surface area contributed by atoms with Gasteiger partial charge in [-0.05, 0) is 93.0 Å². The van der Waals surface area contributed by atoms with E-state index in [4.69, 9.17) is 9.47 Å². The van der Waals surface area contributed by atoms with Gasteiger partial charge in [0.05, 0.1) is 12.2 Å². The molecule has 1 aliphatic carbocycles. The van der Waals surface area contributed by atoms with Gasteiger partial charge in [0, 0.05) is 73.8 Å². The second-order valence-electron chi connectivity index (χ2n) is 15.5. The van der Waals surface area contributed by atoms with E-state index in [0.717, 1.165) is 67.7 Å². The van der Waals surface area contributed by atoms with E-state index in [1.165, 1.54) is 30.2 Å². The van der Waals surface area contributed by atoms with Gasteiger partial charge in [0.1, 0.15) is 24.7 Å². The number of nitrogens with zero attached hydrogens (tertiary/aromatic N) is 2. The number of pyridine rings is 1. The number of rotatable bonds is 23. The van der Waals surface area contributed by atoms with Gasteiger partial charge in [-0.25, -0.2) is 0 Å². The first-order chi connectivity index (χ1) is 26.3. The molecule has 2 aliphatic rings. The van der Waals surface area contributed by atoms with Crippen LogP contribution in [0.25, 0.3) is 10.8 Å². The van der Waals surface area contributed by atoms with Crippen molar-refractivity contribution >= 4 is 28.2 Å². The van der Waals surface area contributed by atoms with E-state index >= 15 is 0 Å². The number of carbonyl (C=O) groups excluding carboxylic acids is 2. The van der Waals surface area contributed by atoms with E-state index in [0.29, 0.717) is 57.6 Å². The van der Waals surface area contributed by atoms with Gasteiger partial charge >= 0.3 is 5.97 Å². The Morgan fingerprint density at radius 2 is 1.81 bits per heavy atom. The van der Waals surface area contributed by atoms with Crippen LogP contribution < -0.4 is 10.1 Å². The number of aliphatic hydroxyl groups excluding tert-OH is 2. The van der Waals surface area contributed by atoms with Crippen molar-refractivity contribution < 1.29 is 29.3 Å². The summed E-state index contributed by atoms with van der Waals surface area (Å²) in [4.78, 5) is 31.5. The van der Waals surface area contributed by atoms with Gasteiger partial charge in [0.25, 0.3) is 0 Å². The Bertz CT molecular complexity index is 1640. The second kappa shape index (κ2) is 21.9. The molecule has 0 bridgehead atoms. The van der Waals surface area contributed by atoms with Crippen LogP contribution in [0, 0.1) is 18.8 Å². The fourth-order valence-electron chi connectivity index (χ4n) is 8.12. The van der Waals surface area contributed by atoms with Crippen LogP contribution in [0.15, 0.2) is 67.0 Å². The van der Waals surface area contributed by atoms with E-state index in [1.54, 1.807) is 0 Å². The topological polar surface area (TPSA) is 121 Å². The van der Waals surface area contributed by atoms with E-state index in [2.05, 4.69) is 64.6 Å². The standard InChI is InChI=1S/C45H63N3O6/c1-3-4-5-6-9-14-37(49)20-21-40-39(42(50)29-43(40)51)15-10-7-8-11-17-45(52)54-27-26-53-44-28-34(19-18-33(44)2)31-48-25-23-36(32-48)47-41-16-12-13-35-30-46-24-22-38(35)41/h7,10,12-13,16,18-19,22,24,28,30,36,39-40,42-43,47,50-51H,3-6,8-9,11,14-15,17,20-21,23,25-27,29,31-32H2,1-2H3/t36?,39-,40-,42+,43-/m1/s1. The molecule has 3 aromatic rings. The summed E-state index contributed by atoms with van der Waals surface area (Å²) in [7, 11) is 0. The zero-order chi connectivity index (χ0) is 38.1. The number of carbonyl (C=O) groups is 2. The van der Waals surface area contributed by atoms with Crippen molar-refractivity contribution in [3.8, 4) is 5.75 Å². The van der Waals surface area contributed by atoms with Crippen molar-refractivity contribution in [2.45, 2.75) is 129 Å². The number of unbranched alkanes of at least 4 members (excludes halogenated alkanes) is 5. The Labute approximate surface area is 322 Å². The molecule has 9 heteroatoms. The minimum atomic E-state index is -0.561. The quantitative estimate of drug-likeness (QED) is 0.0501. The first kappa shape index (κ1) is 41.4. The zero-order valence-corrected chi connectivity index (χ0v) is 32.6. The van der Waals surface area contributed by atoms with Crippen LogP contribution in [-0.4, -0.2) is 76.4 Å². The fraction of sp³-hybridized carbons (Fsp3) is 0.578. The Kier molecular flexibility index (Phi) is 16.8. The molecule has 2 fully saturated rings. The number of ketones is 1. The predicted molar refractivity (Wildman–Crippen MR) is 216 cm³/mol. The number of anilines is 1. The number of hydrogen-bond acceptors (Lipinski definition) is 9. The average molecular weight is 742 g/mol. The van der Waals surface area contributed by atoms with Crippen LogP contribution in [0.3, 0.4) is 0 Å². The van der Waals surface area contributed by atoms with Crippen molar-refractivity contribution in [3.63, 3.8) is 0 Å². The number of aliphatic hydroxyl groups is 2. The van der Waals surface area contributed by atoms with E-state index in [1.807, 2.05) is 31.5 Å². The highest BCUT2D eigenvalue weighted by Crippen LogP contribution is 2.38. The van der Waals surface area contributed by atoms with Gasteiger partial charge in [-0.1, -0.05) is 69.0 Å². The maximum atomic E-state index is 12.4. The van der Waals surface area contributed by atoms with Gasteiger partial charge in [0.2, 0.25) is 0 Å². The number of esters is 1. The summed E-state index contributed by atoms with van der Waals surface area (Å²) >= 11 is 0. The minimum absolute atomic E-state index is 0.0441. The van der Waals surface area contributed by atoms with Crippen LogP contribution in [0.1, 0.15) is 108 Å². The highest BCUT2D eigenvalue weighted by Gasteiger charge is 2.40. The molecule has 3 N–H and O–H groups in total. The van der Waals surface area contributed by atoms with Crippen molar-refractivity contribution in [2.75, 3.05) is 31.6 Å². The molecule has 0 amide bonds. The number of ether oxygens (including phenoxy) is 2. The molecule has 5 atom stereocenters. The molecule has 2 heterocycles. The summed E-state index contributed by atoms with van der Waals surface area (Å²) < 4.78 is 11.5. The van der Waals surface area contributed by atoms with Crippen LogP contribution in [0.2, 0.25) is 0 Å². The van der Waals surface area contributed by atoms with Crippen LogP contribution in [-0.2, 0) is 20.9 Å². The zero-order valence-electron chi connectivity index (χ0n) is 32.6. The normalized spacial score (nSPS) is 21.6. The molecule has 54 heavy (non-hydrogen) atoms. The SMILES string of the molecule is CCCCCCCC(=O)CC[C@@H]1[C@@H](CC=CCCCC(=O)OCCOc2cc(CN3CCC(Nc4cccc5cnccc45)C3)ccc2C)[C@@H](O)C[C@H]1O. The number of likely N-dealkylation sites (tertiary alicyclic amines) is 1. The van der Waals surface area contributed by atoms with Gasteiger partial charge < -0.3 is 25.0 Å². The third-order valence-corrected chi connectivity index (χ3v) is 11.2. The van der Waals surface area contributed by atoms with Crippen LogP contribution in [0.4, 0.5) is 5.69 Å². The van der Waals surface area contributed by atoms with Crippen LogP contribution >= 0.6 is 0 Å². The first-order valence-electron chi connectivity index (χ1n) is 20.5. The lowest BCUT2D eigenvalue weighted by Gasteiger charge is -2.22. The lowest BCUT2D eigenvalue weighted by Crippen LogP contribution is -2.26. The maximum Gasteiger partial charge on any atom is 0.305 e. The highest BCUT2D eigenvalue weighted by molar-refractivity contribution is 5.93. The number of aryl methyl sites for hydroxylation is 1. The molecule has 294 valence electrons. The summed E-state index contributed by atoms with van der Waals surface area (Å²) in [5.41, 5.74) is 3.41. The number of allylic oxidation sites excluding steroid dienone is 2. The molecule has 0 radical (unpaired) electrons. The van der Waals surface area contributed by atoms with Crippen molar-refractivity contribution in [1.29, 1.82) is 0 Å². The Balaban J connectivity index is 0.940. The second-order valence-corrected chi connectivity index (χ2v) is 15.5. The van der Waals surface area contributed by atoms with Gasteiger partial charge in [-0.15, -0.1) is 0 Å². The summed E-state index contributed by atoms with van der Waals surface area (Å²) in [5, 5.41) is 27.2. The number of Topliss-reactive ketones (excluding diaryl/α,β-unsaturated/α-hetero) is 1. The van der Waals surface area contributed by atoms with E-state index in [9.17, 15) is 19.8 Å². The lowest BCUT2D eigenvalue weighted by molar-refractivity contribution is -0.144. The molecule has 1 aliphatic heterocycles. The number of nitrogens with one attached hydrogen (secondary N) is 1. The van der Waals surface area contributed by atoms with E-state index < -0.39 is 12.2 Å². The summed E-state index contributed by atoms with van der Waals surface area (Å²) in [5.74, 6) is 0.747. The number of benzene rings is 2. The molecule has 1 saturated carbocycles. The molecular formula is C45H63N3O6. The van der Waals surface area contributed by atoms with Crippen molar-refractivity contribution in [2.24, 2.45) is 11.8 Å². The third-order valence-electron chi connectivity index (χ3n) is 11.2. The predicted octanol–water partition coefficient (Wildman–Crippen LogP) is 8.34. The number of fused-ring (bicyclic) bond motifs is 1. The molecule has 1 unspecified atom stereocenters. The number of aromatic nitrogens is 1. The summed E-state index contributed by atoms with van der Waals surface area (Å²) in [6, 6.07) is 15.1. The summed E-state index contributed by atoms with van der Waals surface area (Å²) in [6.45, 7) is 7.55. The Hall–Kier alpha value is -3.79. The van der Waals surface area contributed by atoms with Crippen molar-refractivity contribution in [3.05, 3.63) is 78.1 Å². The minimum Gasteiger partial charge on any atom is -0.490 e. The van der Waals surface area contributed by atoms with Gasteiger partial charge in [-0.3, -0.25) is 19.5 Å². The van der Waals surface area contributed by atoms with Gasteiger partial charge in [-0.2, -0.15) is 0 Å². The Morgan fingerprint density at radius 1 is 0.963 bits per heavy atom.